The van der Waals surface area contributed by atoms with Gasteiger partial charge in [-0.05, 0) is 30.7 Å². The number of imidazole rings is 1. The zero-order valence-electron chi connectivity index (χ0n) is 14.5. The van der Waals surface area contributed by atoms with Crippen LogP contribution < -0.4 is 9.80 Å². The van der Waals surface area contributed by atoms with Crippen LogP contribution in [-0.4, -0.2) is 44.8 Å². The van der Waals surface area contributed by atoms with Crippen molar-refractivity contribution in [3.05, 3.63) is 54.9 Å². The first-order valence-corrected chi connectivity index (χ1v) is 8.84. The van der Waals surface area contributed by atoms with Crippen molar-refractivity contribution in [2.75, 3.05) is 22.9 Å². The molecule has 1 atom stereocenters. The van der Waals surface area contributed by atoms with Gasteiger partial charge in [-0.15, -0.1) is 0 Å². The molecule has 0 saturated carbocycles. The van der Waals surface area contributed by atoms with Crippen molar-refractivity contribution in [2.24, 2.45) is 0 Å². The summed E-state index contributed by atoms with van der Waals surface area (Å²) in [7, 11) is 0. The number of pyridine rings is 2. The van der Waals surface area contributed by atoms with E-state index in [4.69, 9.17) is 0 Å². The minimum absolute atomic E-state index is 0.146. The van der Waals surface area contributed by atoms with Gasteiger partial charge in [0.05, 0.1) is 30.7 Å². The van der Waals surface area contributed by atoms with Crippen molar-refractivity contribution >= 4 is 17.5 Å². The average molecular weight is 364 g/mol. The fourth-order valence-corrected chi connectivity index (χ4v) is 3.54. The van der Waals surface area contributed by atoms with Gasteiger partial charge in [-0.3, -0.25) is 14.5 Å². The smallest absolute Gasteiger partial charge is 0.334 e. The highest BCUT2D eigenvalue weighted by molar-refractivity contribution is 5.96. The van der Waals surface area contributed by atoms with Crippen molar-refractivity contribution in [3.63, 3.8) is 0 Å². The van der Waals surface area contributed by atoms with Gasteiger partial charge in [-0.1, -0.05) is 0 Å². The summed E-state index contributed by atoms with van der Waals surface area (Å²) in [6.07, 6.45) is 6.56. The lowest BCUT2D eigenvalue weighted by Gasteiger charge is -2.16. The van der Waals surface area contributed by atoms with Crippen molar-refractivity contribution in [1.29, 1.82) is 0 Å². The zero-order chi connectivity index (χ0) is 18.4. The third-order valence-electron chi connectivity index (χ3n) is 4.97. The number of carbonyl (C=O) groups is 1. The maximum Gasteiger partial charge on any atom is 0.334 e. The predicted molar refractivity (Wildman–Crippen MR) is 98.4 cm³/mol. The lowest BCUT2D eigenvalue weighted by molar-refractivity contribution is 0.251. The first-order valence-electron chi connectivity index (χ1n) is 8.84. The van der Waals surface area contributed by atoms with E-state index < -0.39 is 6.17 Å². The molecule has 8 heteroatoms. The topological polar surface area (TPSA) is 67.2 Å². The molecule has 1 saturated heterocycles. The highest BCUT2D eigenvalue weighted by Gasteiger charge is 2.30. The molecule has 1 amide bonds. The summed E-state index contributed by atoms with van der Waals surface area (Å²) < 4.78 is 14.9. The van der Waals surface area contributed by atoms with Gasteiger partial charge in [-0.25, -0.2) is 19.2 Å². The molecule has 3 aromatic rings. The van der Waals surface area contributed by atoms with Crippen molar-refractivity contribution in [2.45, 2.75) is 19.1 Å². The van der Waals surface area contributed by atoms with E-state index in [1.165, 1.54) is 0 Å². The highest BCUT2D eigenvalue weighted by Crippen LogP contribution is 2.28. The van der Waals surface area contributed by atoms with E-state index in [-0.39, 0.29) is 6.03 Å². The molecule has 7 nitrogen and oxygen atoms in total. The highest BCUT2D eigenvalue weighted by atomic mass is 19.1. The Morgan fingerprint density at radius 1 is 1.19 bits per heavy atom. The molecule has 27 heavy (non-hydrogen) atoms. The van der Waals surface area contributed by atoms with Crippen LogP contribution in [0.4, 0.5) is 20.7 Å². The van der Waals surface area contributed by atoms with Gasteiger partial charge in [0.15, 0.2) is 0 Å². The average Bonchev–Trinajstić information content (AvgIpc) is 3.39. The van der Waals surface area contributed by atoms with Gasteiger partial charge < -0.3 is 4.90 Å². The van der Waals surface area contributed by atoms with Crippen LogP contribution in [0.25, 0.3) is 11.3 Å². The second kappa shape index (κ2) is 6.15. The number of carbonyl (C=O) groups excluding carboxylic acids is 1. The van der Waals surface area contributed by atoms with Crippen LogP contribution in [0.15, 0.2) is 49.1 Å². The quantitative estimate of drug-likeness (QED) is 0.715. The van der Waals surface area contributed by atoms with Crippen LogP contribution in [0.2, 0.25) is 0 Å². The third-order valence-corrected chi connectivity index (χ3v) is 4.97. The number of nitrogens with zero attached hydrogens (tertiary/aromatic N) is 6. The first-order chi connectivity index (χ1) is 13.2. The second-order valence-electron chi connectivity index (χ2n) is 6.73. The van der Waals surface area contributed by atoms with E-state index in [9.17, 15) is 9.18 Å². The number of aromatic nitrogens is 4. The van der Waals surface area contributed by atoms with Crippen LogP contribution in [0.5, 0.6) is 0 Å². The summed E-state index contributed by atoms with van der Waals surface area (Å²) in [4.78, 5) is 29.3. The van der Waals surface area contributed by atoms with Crippen LogP contribution in [0.3, 0.4) is 0 Å². The summed E-state index contributed by atoms with van der Waals surface area (Å²) >= 11 is 0. The molecule has 1 unspecified atom stereocenters. The number of alkyl halides is 1. The van der Waals surface area contributed by atoms with E-state index in [0.29, 0.717) is 37.6 Å². The predicted octanol–water partition coefficient (Wildman–Crippen LogP) is 2.88. The number of fused-ring (bicyclic) bond motifs is 1. The van der Waals surface area contributed by atoms with Crippen molar-refractivity contribution in [3.8, 4) is 11.3 Å². The molecule has 0 radical (unpaired) electrons. The van der Waals surface area contributed by atoms with Crippen LogP contribution in [0.1, 0.15) is 12.2 Å². The molecule has 1 fully saturated rings. The Hall–Kier alpha value is -3.29. The van der Waals surface area contributed by atoms with Gasteiger partial charge in [0.2, 0.25) is 0 Å². The van der Waals surface area contributed by atoms with E-state index in [1.807, 2.05) is 23.1 Å². The van der Waals surface area contributed by atoms with Crippen molar-refractivity contribution < 1.29 is 9.18 Å². The Morgan fingerprint density at radius 3 is 2.78 bits per heavy atom. The molecule has 2 aliphatic heterocycles. The summed E-state index contributed by atoms with van der Waals surface area (Å²) in [6, 6.07) is 7.29. The molecule has 3 aromatic heterocycles. The molecular formula is C19H17FN6O. The summed E-state index contributed by atoms with van der Waals surface area (Å²) in [5, 5.41) is 0. The first kappa shape index (κ1) is 15.9. The molecule has 0 aliphatic carbocycles. The van der Waals surface area contributed by atoms with E-state index >= 15 is 0 Å². The third kappa shape index (κ3) is 2.73. The zero-order valence-corrected chi connectivity index (χ0v) is 14.5. The number of hydrogen-bond acceptors (Lipinski definition) is 5. The normalized spacial score (nSPS) is 19.0. The molecule has 2 aliphatic rings. The minimum atomic E-state index is -0.781. The Kier molecular flexibility index (Phi) is 3.63. The number of anilines is 2. The number of hydrogen-bond donors (Lipinski definition) is 0. The lowest BCUT2D eigenvalue weighted by atomic mass is 10.2. The molecule has 0 N–H and O–H groups in total. The van der Waals surface area contributed by atoms with Gasteiger partial charge in [-0.2, -0.15) is 0 Å². The standard InChI is InChI=1S/C19H17FN6O/c20-14-5-7-24(10-14)17-4-3-13(8-22-17)16-11-26-18(23-16)12-25(19(26)27)15-2-1-6-21-9-15/h1-4,6,8-9,11,14H,5,7,10,12H2. The van der Waals surface area contributed by atoms with Gasteiger partial charge in [0.1, 0.15) is 17.8 Å². The van der Waals surface area contributed by atoms with Crippen LogP contribution in [-0.2, 0) is 6.54 Å². The SMILES string of the molecule is O=C1N(c2cccnc2)Cc2nc(-c3ccc(N4CCC(F)C4)nc3)cn21. The Balaban J connectivity index is 1.37. The molecule has 5 rings (SSSR count). The second-order valence-corrected chi connectivity index (χ2v) is 6.73. The van der Waals surface area contributed by atoms with E-state index in [1.54, 1.807) is 40.3 Å². The van der Waals surface area contributed by atoms with Gasteiger partial charge in [0.25, 0.3) is 0 Å². The molecule has 0 bridgehead atoms. The van der Waals surface area contributed by atoms with E-state index in [2.05, 4.69) is 15.0 Å². The molecule has 0 spiro atoms. The van der Waals surface area contributed by atoms with E-state index in [0.717, 1.165) is 17.1 Å². The Morgan fingerprint density at radius 2 is 2.11 bits per heavy atom. The largest absolute Gasteiger partial charge is 0.354 e. The van der Waals surface area contributed by atoms with Crippen LogP contribution >= 0.6 is 0 Å². The lowest BCUT2D eigenvalue weighted by Crippen LogP contribution is -2.25. The number of amides is 1. The number of halogens is 1. The summed E-state index contributed by atoms with van der Waals surface area (Å²) in [6.45, 7) is 1.48. The van der Waals surface area contributed by atoms with Crippen molar-refractivity contribution in [1.82, 2.24) is 19.5 Å². The summed E-state index contributed by atoms with van der Waals surface area (Å²) in [5.41, 5.74) is 2.28. The molecule has 5 heterocycles. The summed E-state index contributed by atoms with van der Waals surface area (Å²) in [5.74, 6) is 1.45. The monoisotopic (exact) mass is 364 g/mol. The fourth-order valence-electron chi connectivity index (χ4n) is 3.54. The maximum atomic E-state index is 13.4. The molecule has 0 aromatic carbocycles. The van der Waals surface area contributed by atoms with Gasteiger partial charge in [0, 0.05) is 30.7 Å². The van der Waals surface area contributed by atoms with Crippen LogP contribution in [0, 0.1) is 0 Å². The molecular weight excluding hydrogens is 347 g/mol. The number of rotatable bonds is 3. The maximum absolute atomic E-state index is 13.4. The molecule has 136 valence electrons. The Labute approximate surface area is 155 Å². The Bertz CT molecular complexity index is 987. The minimum Gasteiger partial charge on any atom is -0.354 e. The fraction of sp³-hybridized carbons (Fsp3) is 0.263. The van der Waals surface area contributed by atoms with Gasteiger partial charge >= 0.3 is 6.03 Å².